The quantitative estimate of drug-likeness (QED) is 0.915. The lowest BCUT2D eigenvalue weighted by Gasteiger charge is -2.40. The molecule has 0 saturated carbocycles. The van der Waals surface area contributed by atoms with Crippen LogP contribution in [-0.2, 0) is 11.2 Å². The smallest absolute Gasteiger partial charge is 0.231 e. The Hall–Kier alpha value is -2.07. The van der Waals surface area contributed by atoms with Gasteiger partial charge in [0.1, 0.15) is 0 Å². The van der Waals surface area contributed by atoms with Gasteiger partial charge in [-0.3, -0.25) is 4.79 Å². The van der Waals surface area contributed by atoms with Gasteiger partial charge in [0.2, 0.25) is 5.91 Å². The molecule has 4 rings (SSSR count). The molecule has 2 unspecified atom stereocenters. The van der Waals surface area contributed by atoms with Crippen LogP contribution in [-0.4, -0.2) is 34.9 Å². The fraction of sp³-hybridized carbons (Fsp3) is 0.421. The maximum Gasteiger partial charge on any atom is 0.231 e. The summed E-state index contributed by atoms with van der Waals surface area (Å²) in [6, 6.07) is 6.71. The van der Waals surface area contributed by atoms with Crippen molar-refractivity contribution in [3.8, 4) is 0 Å². The molecule has 4 nitrogen and oxygen atoms in total. The zero-order valence-electron chi connectivity index (χ0n) is 13.5. The van der Waals surface area contributed by atoms with Crippen LogP contribution in [0.15, 0.2) is 30.5 Å². The predicted molar refractivity (Wildman–Crippen MR) is 92.9 cm³/mol. The molecular formula is C19H23N3O. The van der Waals surface area contributed by atoms with Gasteiger partial charge >= 0.3 is 0 Å². The number of likely N-dealkylation sites (tertiary alicyclic amines) is 1. The van der Waals surface area contributed by atoms with E-state index < -0.39 is 0 Å². The number of carbonyl (C=O) groups excluding carboxylic acids is 1. The molecule has 2 aliphatic rings. The second kappa shape index (κ2) is 5.53. The lowest BCUT2D eigenvalue weighted by molar-refractivity contribution is -0.140. The molecule has 1 saturated heterocycles. The summed E-state index contributed by atoms with van der Waals surface area (Å²) >= 11 is 0. The molecule has 23 heavy (non-hydrogen) atoms. The van der Waals surface area contributed by atoms with Crippen LogP contribution in [0.3, 0.4) is 0 Å². The zero-order valence-corrected chi connectivity index (χ0v) is 13.5. The van der Waals surface area contributed by atoms with Crippen LogP contribution < -0.4 is 5.73 Å². The molecule has 1 fully saturated rings. The highest BCUT2D eigenvalue weighted by atomic mass is 16.2. The SMILES string of the molecule is CC1CCN1C(=O)C(/C=C1\CCc2c[nH]c3cccc1c23)CN. The highest BCUT2D eigenvalue weighted by Gasteiger charge is 2.32. The standard InChI is InChI=1S/C19H23N3O/c1-12-7-8-22(12)19(23)15(10-20)9-13-5-6-14-11-21-17-4-2-3-16(13)18(14)17/h2-4,9,11-12,15,21H,5-8,10,20H2,1H3/b13-9+. The first-order valence-electron chi connectivity index (χ1n) is 8.49. The third kappa shape index (κ3) is 2.29. The molecule has 1 aliphatic heterocycles. The van der Waals surface area contributed by atoms with Gasteiger partial charge in [-0.05, 0) is 49.0 Å². The minimum Gasteiger partial charge on any atom is -0.361 e. The molecule has 1 aromatic carbocycles. The second-order valence-electron chi connectivity index (χ2n) is 6.75. The fourth-order valence-corrected chi connectivity index (χ4v) is 3.84. The van der Waals surface area contributed by atoms with Crippen LogP contribution in [0.25, 0.3) is 16.5 Å². The molecule has 1 aromatic heterocycles. The van der Waals surface area contributed by atoms with Crippen LogP contribution in [0, 0.1) is 5.92 Å². The number of hydrogen-bond acceptors (Lipinski definition) is 2. The predicted octanol–water partition coefficient (Wildman–Crippen LogP) is 2.69. The second-order valence-corrected chi connectivity index (χ2v) is 6.75. The molecule has 1 aliphatic carbocycles. The Morgan fingerprint density at radius 2 is 2.35 bits per heavy atom. The van der Waals surface area contributed by atoms with E-state index in [0.717, 1.165) is 25.8 Å². The molecule has 2 aromatic rings. The number of allylic oxidation sites excluding steroid dienone is 1. The molecule has 2 heterocycles. The van der Waals surface area contributed by atoms with E-state index in [9.17, 15) is 4.79 Å². The normalized spacial score (nSPS) is 23.1. The summed E-state index contributed by atoms with van der Waals surface area (Å²) in [6.07, 6.45) is 7.33. The molecule has 2 atom stereocenters. The number of carbonyl (C=O) groups is 1. The number of H-pyrrole nitrogens is 1. The van der Waals surface area contributed by atoms with E-state index in [0.29, 0.717) is 12.6 Å². The lowest BCUT2D eigenvalue weighted by Crippen LogP contribution is -2.52. The van der Waals surface area contributed by atoms with E-state index in [-0.39, 0.29) is 11.8 Å². The van der Waals surface area contributed by atoms with Gasteiger partial charge in [0.15, 0.2) is 0 Å². The summed E-state index contributed by atoms with van der Waals surface area (Å²) in [5, 5.41) is 1.31. The average molecular weight is 309 g/mol. The third-order valence-corrected chi connectivity index (χ3v) is 5.37. The molecule has 1 amide bonds. The summed E-state index contributed by atoms with van der Waals surface area (Å²) in [4.78, 5) is 18.0. The van der Waals surface area contributed by atoms with Gasteiger partial charge in [-0.15, -0.1) is 0 Å². The summed E-state index contributed by atoms with van der Waals surface area (Å²) in [5.74, 6) is -0.0192. The number of rotatable bonds is 3. The Morgan fingerprint density at radius 3 is 3.04 bits per heavy atom. The van der Waals surface area contributed by atoms with Crippen molar-refractivity contribution < 1.29 is 4.79 Å². The minimum atomic E-state index is -0.205. The Morgan fingerprint density at radius 1 is 1.48 bits per heavy atom. The number of aromatic nitrogens is 1. The number of nitrogens with one attached hydrogen (secondary N) is 1. The van der Waals surface area contributed by atoms with Crippen molar-refractivity contribution in [1.29, 1.82) is 0 Å². The summed E-state index contributed by atoms with van der Waals surface area (Å²) < 4.78 is 0. The van der Waals surface area contributed by atoms with E-state index in [2.05, 4.69) is 42.4 Å². The van der Waals surface area contributed by atoms with Gasteiger partial charge in [0.05, 0.1) is 5.92 Å². The van der Waals surface area contributed by atoms with Gasteiger partial charge in [0, 0.05) is 36.2 Å². The number of benzene rings is 1. The number of aryl methyl sites for hydroxylation is 1. The number of aromatic amines is 1. The van der Waals surface area contributed by atoms with Gasteiger partial charge in [-0.2, -0.15) is 0 Å². The third-order valence-electron chi connectivity index (χ3n) is 5.37. The first-order chi connectivity index (χ1) is 11.2. The van der Waals surface area contributed by atoms with E-state index >= 15 is 0 Å². The molecule has 120 valence electrons. The Bertz CT molecular complexity index is 789. The summed E-state index contributed by atoms with van der Waals surface area (Å²) in [7, 11) is 0. The van der Waals surface area contributed by atoms with E-state index in [1.54, 1.807) is 0 Å². The molecule has 3 N–H and O–H groups in total. The van der Waals surface area contributed by atoms with Crippen molar-refractivity contribution in [2.45, 2.75) is 32.2 Å². The van der Waals surface area contributed by atoms with Crippen LogP contribution >= 0.6 is 0 Å². The largest absolute Gasteiger partial charge is 0.361 e. The van der Waals surface area contributed by atoms with Gasteiger partial charge in [0.25, 0.3) is 0 Å². The van der Waals surface area contributed by atoms with Crippen molar-refractivity contribution in [2.24, 2.45) is 11.7 Å². The van der Waals surface area contributed by atoms with Crippen molar-refractivity contribution in [3.63, 3.8) is 0 Å². The first kappa shape index (κ1) is 14.5. The average Bonchev–Trinajstić information content (AvgIpc) is 2.98. The molecule has 0 bridgehead atoms. The lowest BCUT2D eigenvalue weighted by atomic mass is 9.86. The Labute approximate surface area is 136 Å². The van der Waals surface area contributed by atoms with Crippen molar-refractivity contribution in [2.75, 3.05) is 13.1 Å². The molecular weight excluding hydrogens is 286 g/mol. The number of hydrogen-bond donors (Lipinski definition) is 2. The summed E-state index contributed by atoms with van der Waals surface area (Å²) in [6.45, 7) is 3.36. The first-order valence-corrected chi connectivity index (χ1v) is 8.49. The van der Waals surface area contributed by atoms with Gasteiger partial charge < -0.3 is 15.6 Å². The number of amides is 1. The van der Waals surface area contributed by atoms with Crippen LogP contribution in [0.4, 0.5) is 0 Å². The highest BCUT2D eigenvalue weighted by Crippen LogP contribution is 2.36. The van der Waals surface area contributed by atoms with E-state index in [1.807, 2.05) is 4.90 Å². The summed E-state index contributed by atoms with van der Waals surface area (Å²) in [5.41, 5.74) is 11.0. The van der Waals surface area contributed by atoms with E-state index in [4.69, 9.17) is 5.73 Å². The van der Waals surface area contributed by atoms with Crippen molar-refractivity contribution >= 4 is 22.4 Å². The van der Waals surface area contributed by atoms with Gasteiger partial charge in [-0.1, -0.05) is 18.2 Å². The molecule has 0 spiro atoms. The molecule has 0 radical (unpaired) electrons. The van der Waals surface area contributed by atoms with Crippen molar-refractivity contribution in [1.82, 2.24) is 9.88 Å². The van der Waals surface area contributed by atoms with Crippen LogP contribution in [0.1, 0.15) is 30.9 Å². The van der Waals surface area contributed by atoms with Crippen LogP contribution in [0.5, 0.6) is 0 Å². The Kier molecular flexibility index (Phi) is 3.49. The highest BCUT2D eigenvalue weighted by molar-refractivity contribution is 5.97. The minimum absolute atomic E-state index is 0.186. The molecule has 4 heteroatoms. The van der Waals surface area contributed by atoms with Crippen LogP contribution in [0.2, 0.25) is 0 Å². The monoisotopic (exact) mass is 309 g/mol. The van der Waals surface area contributed by atoms with Crippen molar-refractivity contribution in [3.05, 3.63) is 41.6 Å². The fourth-order valence-electron chi connectivity index (χ4n) is 3.84. The Balaban J connectivity index is 1.70. The number of nitrogens with two attached hydrogens (primary N) is 1. The zero-order chi connectivity index (χ0) is 16.0. The topological polar surface area (TPSA) is 62.1 Å². The van der Waals surface area contributed by atoms with E-state index in [1.165, 1.54) is 27.6 Å². The van der Waals surface area contributed by atoms with Gasteiger partial charge in [-0.25, -0.2) is 0 Å². The maximum absolute atomic E-state index is 12.7. The number of nitrogens with zero attached hydrogens (tertiary/aromatic N) is 1. The maximum atomic E-state index is 12.7.